The molecule has 0 bridgehead atoms. The van der Waals surface area contributed by atoms with Gasteiger partial charge in [0, 0.05) is 37.4 Å². The number of nitrogens with zero attached hydrogens (tertiary/aromatic N) is 2. The summed E-state index contributed by atoms with van der Waals surface area (Å²) < 4.78 is 27.9. The second-order valence-electron chi connectivity index (χ2n) is 7.50. The molecule has 0 amide bonds. The van der Waals surface area contributed by atoms with Gasteiger partial charge in [-0.15, -0.1) is 0 Å². The van der Waals surface area contributed by atoms with E-state index in [0.29, 0.717) is 5.92 Å². The Morgan fingerprint density at radius 1 is 0.929 bits per heavy atom. The molecule has 2 aliphatic rings. The zero-order chi connectivity index (χ0) is 19.4. The fourth-order valence-electron chi connectivity index (χ4n) is 4.25. The molecular formula is C22H27N3O2S. The number of nitrogens with one attached hydrogen (secondary N) is 1. The molecule has 2 aliphatic heterocycles. The summed E-state index contributed by atoms with van der Waals surface area (Å²) in [6.45, 7) is 2.88. The first-order valence-corrected chi connectivity index (χ1v) is 11.4. The largest absolute Gasteiger partial charge is 0.323 e. The number of likely N-dealkylation sites (tertiary alicyclic amines) is 1. The van der Waals surface area contributed by atoms with Crippen LogP contribution in [0.15, 0.2) is 73.1 Å². The quantitative estimate of drug-likeness (QED) is 0.814. The van der Waals surface area contributed by atoms with Crippen LogP contribution in [0.4, 0.5) is 0 Å². The molecule has 0 atom stereocenters. The molecule has 1 fully saturated rings. The van der Waals surface area contributed by atoms with Crippen molar-refractivity contribution in [2.75, 3.05) is 19.6 Å². The number of rotatable bonds is 6. The molecule has 148 valence electrons. The van der Waals surface area contributed by atoms with Gasteiger partial charge in [0.1, 0.15) is 0 Å². The molecule has 0 aromatic heterocycles. The zero-order valence-corrected chi connectivity index (χ0v) is 16.8. The minimum Gasteiger partial charge on any atom is -0.303 e. The third-order valence-corrected chi connectivity index (χ3v) is 7.18. The van der Waals surface area contributed by atoms with Crippen LogP contribution in [-0.4, -0.2) is 43.3 Å². The first-order valence-electron chi connectivity index (χ1n) is 9.93. The molecule has 0 aliphatic carbocycles. The fraction of sp³-hybridized carbons (Fsp3) is 0.364. The summed E-state index contributed by atoms with van der Waals surface area (Å²) >= 11 is 0. The van der Waals surface area contributed by atoms with Gasteiger partial charge in [-0.2, -0.15) is 8.42 Å². The number of piperidine rings is 1. The highest BCUT2D eigenvalue weighted by atomic mass is 32.2. The lowest BCUT2D eigenvalue weighted by Crippen LogP contribution is -2.45. The predicted molar refractivity (Wildman–Crippen MR) is 112 cm³/mol. The summed E-state index contributed by atoms with van der Waals surface area (Å²) in [6.07, 6.45) is 5.95. The van der Waals surface area contributed by atoms with Crippen molar-refractivity contribution >= 4 is 10.2 Å². The van der Waals surface area contributed by atoms with Crippen molar-refractivity contribution in [3.05, 3.63) is 84.2 Å². The van der Waals surface area contributed by atoms with Crippen LogP contribution in [0.5, 0.6) is 0 Å². The SMILES string of the molecule is O=S1(=O)NC=CN1C1CCN(CCC(c2ccccc2)c2ccccc2)CC1. The second kappa shape index (κ2) is 8.37. The summed E-state index contributed by atoms with van der Waals surface area (Å²) in [5.41, 5.74) is 2.70. The third-order valence-electron chi connectivity index (χ3n) is 5.77. The van der Waals surface area contributed by atoms with Crippen LogP contribution < -0.4 is 4.72 Å². The number of hydrogen-bond donors (Lipinski definition) is 1. The topological polar surface area (TPSA) is 52.7 Å². The van der Waals surface area contributed by atoms with E-state index in [1.807, 2.05) is 0 Å². The van der Waals surface area contributed by atoms with Crippen LogP contribution in [0, 0.1) is 0 Å². The number of benzene rings is 2. The Balaban J connectivity index is 1.37. The van der Waals surface area contributed by atoms with Gasteiger partial charge in [0.05, 0.1) is 0 Å². The van der Waals surface area contributed by atoms with Crippen molar-refractivity contribution in [2.24, 2.45) is 0 Å². The first-order chi connectivity index (χ1) is 13.6. The Hall–Kier alpha value is -2.31. The third kappa shape index (κ3) is 4.23. The van der Waals surface area contributed by atoms with E-state index < -0.39 is 10.2 Å². The Morgan fingerprint density at radius 3 is 2.00 bits per heavy atom. The van der Waals surface area contributed by atoms with Gasteiger partial charge in [-0.05, 0) is 36.9 Å². The van der Waals surface area contributed by atoms with Crippen molar-refractivity contribution in [2.45, 2.75) is 31.2 Å². The Morgan fingerprint density at radius 2 is 1.50 bits per heavy atom. The normalized spacial score (nSPS) is 19.8. The van der Waals surface area contributed by atoms with Gasteiger partial charge in [0.15, 0.2) is 0 Å². The molecule has 0 radical (unpaired) electrons. The zero-order valence-electron chi connectivity index (χ0n) is 15.9. The van der Waals surface area contributed by atoms with Crippen LogP contribution in [0.1, 0.15) is 36.3 Å². The average Bonchev–Trinajstić information content (AvgIpc) is 3.09. The summed E-state index contributed by atoms with van der Waals surface area (Å²) in [6, 6.07) is 21.4. The molecule has 5 nitrogen and oxygen atoms in total. The van der Waals surface area contributed by atoms with Gasteiger partial charge in [-0.25, -0.2) is 0 Å². The Labute approximate surface area is 167 Å². The minimum absolute atomic E-state index is 0.0616. The van der Waals surface area contributed by atoms with Crippen molar-refractivity contribution in [3.8, 4) is 0 Å². The van der Waals surface area contributed by atoms with E-state index in [1.54, 1.807) is 6.20 Å². The van der Waals surface area contributed by atoms with E-state index >= 15 is 0 Å². The summed E-state index contributed by atoms with van der Waals surface area (Å²) in [5.74, 6) is 0.381. The van der Waals surface area contributed by atoms with Gasteiger partial charge in [-0.1, -0.05) is 60.7 Å². The summed E-state index contributed by atoms with van der Waals surface area (Å²) in [7, 11) is -3.35. The molecule has 28 heavy (non-hydrogen) atoms. The molecule has 0 unspecified atom stereocenters. The molecule has 2 aromatic carbocycles. The van der Waals surface area contributed by atoms with Crippen LogP contribution in [0.3, 0.4) is 0 Å². The van der Waals surface area contributed by atoms with E-state index in [9.17, 15) is 8.42 Å². The molecule has 1 N–H and O–H groups in total. The lowest BCUT2D eigenvalue weighted by molar-refractivity contribution is 0.174. The monoisotopic (exact) mass is 397 g/mol. The van der Waals surface area contributed by atoms with E-state index in [1.165, 1.54) is 21.6 Å². The van der Waals surface area contributed by atoms with Gasteiger partial charge < -0.3 is 4.90 Å². The molecule has 1 saturated heterocycles. The van der Waals surface area contributed by atoms with Gasteiger partial charge in [-0.3, -0.25) is 9.03 Å². The second-order valence-corrected chi connectivity index (χ2v) is 9.11. The molecule has 2 aromatic rings. The Bertz CT molecular complexity index is 852. The van der Waals surface area contributed by atoms with Gasteiger partial charge in [0.2, 0.25) is 0 Å². The lowest BCUT2D eigenvalue weighted by Gasteiger charge is -2.36. The van der Waals surface area contributed by atoms with E-state index in [-0.39, 0.29) is 6.04 Å². The van der Waals surface area contributed by atoms with Gasteiger partial charge >= 0.3 is 10.2 Å². The number of hydrogen-bond acceptors (Lipinski definition) is 3. The average molecular weight is 398 g/mol. The van der Waals surface area contributed by atoms with Crippen molar-refractivity contribution in [1.82, 2.24) is 13.9 Å². The summed E-state index contributed by atoms with van der Waals surface area (Å²) in [5, 5.41) is 0. The van der Waals surface area contributed by atoms with E-state index in [2.05, 4.69) is 70.3 Å². The lowest BCUT2D eigenvalue weighted by atomic mass is 9.88. The maximum Gasteiger partial charge on any atom is 0.323 e. The Kier molecular flexibility index (Phi) is 5.69. The molecule has 4 rings (SSSR count). The predicted octanol–water partition coefficient (Wildman–Crippen LogP) is 3.29. The van der Waals surface area contributed by atoms with Crippen LogP contribution in [-0.2, 0) is 10.2 Å². The smallest absolute Gasteiger partial charge is 0.303 e. The molecule has 6 heteroatoms. The maximum atomic E-state index is 12.0. The molecule has 0 saturated carbocycles. The van der Waals surface area contributed by atoms with Crippen LogP contribution >= 0.6 is 0 Å². The van der Waals surface area contributed by atoms with Crippen molar-refractivity contribution in [1.29, 1.82) is 0 Å². The highest BCUT2D eigenvalue weighted by Crippen LogP contribution is 2.29. The molecular weight excluding hydrogens is 370 g/mol. The first kappa shape index (κ1) is 19.0. The van der Waals surface area contributed by atoms with Crippen LogP contribution in [0.2, 0.25) is 0 Å². The standard InChI is InChI=1S/C22H27N3O2S/c26-28(27)23-14-18-25(28)21-11-15-24(16-12-21)17-13-22(19-7-3-1-4-8-19)20-9-5-2-6-10-20/h1-10,14,18,21-23H,11-13,15-17H2. The minimum atomic E-state index is -3.35. The van der Waals surface area contributed by atoms with Crippen molar-refractivity contribution < 1.29 is 8.42 Å². The highest BCUT2D eigenvalue weighted by molar-refractivity contribution is 7.87. The summed E-state index contributed by atoms with van der Waals surface area (Å²) in [4.78, 5) is 2.47. The van der Waals surface area contributed by atoms with E-state index in [0.717, 1.165) is 38.9 Å². The van der Waals surface area contributed by atoms with Gasteiger partial charge in [0.25, 0.3) is 0 Å². The molecule has 2 heterocycles. The van der Waals surface area contributed by atoms with E-state index in [4.69, 9.17) is 0 Å². The fourth-order valence-corrected chi connectivity index (χ4v) is 5.43. The highest BCUT2D eigenvalue weighted by Gasteiger charge is 2.32. The van der Waals surface area contributed by atoms with Crippen LogP contribution in [0.25, 0.3) is 0 Å². The van der Waals surface area contributed by atoms with Crippen molar-refractivity contribution in [3.63, 3.8) is 0 Å². The maximum absolute atomic E-state index is 12.0. The molecule has 0 spiro atoms.